The molecule has 8 heteroatoms. The molecule has 0 saturated carbocycles. The van der Waals surface area contributed by atoms with Gasteiger partial charge in [0.15, 0.2) is 0 Å². The Kier molecular flexibility index (Phi) is 4.10. The molecule has 0 atom stereocenters. The second kappa shape index (κ2) is 5.49. The van der Waals surface area contributed by atoms with Gasteiger partial charge in [0.1, 0.15) is 4.90 Å². The summed E-state index contributed by atoms with van der Waals surface area (Å²) in [7, 11) is -3.90. The molecule has 0 heterocycles. The quantitative estimate of drug-likeness (QED) is 0.753. The van der Waals surface area contributed by atoms with Gasteiger partial charge in [-0.1, -0.05) is 35.3 Å². The highest BCUT2D eigenvalue weighted by atomic mass is 35.5. The zero-order valence-corrected chi connectivity index (χ0v) is 12.4. The minimum absolute atomic E-state index is 0.00554. The van der Waals surface area contributed by atoms with Crippen LogP contribution < -0.4 is 16.2 Å². The SMILES string of the molecule is Nc1c(Nc2c(Cl)cccc2Cl)cccc1S(N)(=O)=O. The molecule has 2 aromatic rings. The van der Waals surface area contributed by atoms with Crippen LogP contribution in [-0.4, -0.2) is 8.42 Å². The summed E-state index contributed by atoms with van der Waals surface area (Å²) in [6.45, 7) is 0. The van der Waals surface area contributed by atoms with E-state index in [1.807, 2.05) is 0 Å². The Morgan fingerprint density at radius 1 is 1.00 bits per heavy atom. The molecular formula is C12H11Cl2N3O2S. The van der Waals surface area contributed by atoms with E-state index in [2.05, 4.69) is 5.32 Å². The van der Waals surface area contributed by atoms with Crippen LogP contribution in [0.5, 0.6) is 0 Å². The molecule has 106 valence electrons. The molecule has 2 rings (SSSR count). The van der Waals surface area contributed by atoms with E-state index in [9.17, 15) is 8.42 Å². The molecule has 0 aliphatic rings. The molecule has 5 nitrogen and oxygen atoms in total. The number of anilines is 3. The Labute approximate surface area is 126 Å². The summed E-state index contributed by atoms with van der Waals surface area (Å²) < 4.78 is 22.8. The highest BCUT2D eigenvalue weighted by Gasteiger charge is 2.16. The molecule has 0 aliphatic carbocycles. The van der Waals surface area contributed by atoms with Crippen LogP contribution >= 0.6 is 23.2 Å². The number of rotatable bonds is 3. The van der Waals surface area contributed by atoms with Gasteiger partial charge in [-0.05, 0) is 24.3 Å². The molecule has 2 aromatic carbocycles. The van der Waals surface area contributed by atoms with Crippen molar-refractivity contribution in [2.24, 2.45) is 5.14 Å². The molecular weight excluding hydrogens is 321 g/mol. The molecule has 0 aromatic heterocycles. The Morgan fingerprint density at radius 2 is 1.55 bits per heavy atom. The van der Waals surface area contributed by atoms with Crippen molar-refractivity contribution in [1.82, 2.24) is 0 Å². The molecule has 5 N–H and O–H groups in total. The lowest BCUT2D eigenvalue weighted by Gasteiger charge is -2.14. The number of primary sulfonamides is 1. The zero-order chi connectivity index (χ0) is 14.9. The van der Waals surface area contributed by atoms with Gasteiger partial charge < -0.3 is 11.1 Å². The predicted octanol–water partition coefficient (Wildman–Crippen LogP) is 2.97. The predicted molar refractivity (Wildman–Crippen MR) is 82.0 cm³/mol. The Hall–Kier alpha value is -1.47. The van der Waals surface area contributed by atoms with Crippen molar-refractivity contribution in [3.8, 4) is 0 Å². The average Bonchev–Trinajstić information content (AvgIpc) is 2.34. The fourth-order valence-corrected chi connectivity index (χ4v) is 2.83. The normalized spacial score (nSPS) is 11.3. The van der Waals surface area contributed by atoms with E-state index in [1.165, 1.54) is 12.1 Å². The molecule has 0 fully saturated rings. The third-order valence-corrected chi connectivity index (χ3v) is 4.19. The van der Waals surface area contributed by atoms with Crippen molar-refractivity contribution < 1.29 is 8.42 Å². The molecule has 0 spiro atoms. The van der Waals surface area contributed by atoms with Crippen LogP contribution in [0.1, 0.15) is 0 Å². The Bertz CT molecular complexity index is 743. The number of para-hydroxylation sites is 2. The van der Waals surface area contributed by atoms with Crippen molar-refractivity contribution in [2.75, 3.05) is 11.1 Å². The first-order chi connectivity index (χ1) is 9.30. The van der Waals surface area contributed by atoms with Crippen LogP contribution in [0.25, 0.3) is 0 Å². The van der Waals surface area contributed by atoms with Gasteiger partial charge in [0.25, 0.3) is 0 Å². The summed E-state index contributed by atoms with van der Waals surface area (Å²) in [4.78, 5) is -0.161. The lowest BCUT2D eigenvalue weighted by Crippen LogP contribution is -2.15. The molecule has 0 amide bonds. The lowest BCUT2D eigenvalue weighted by molar-refractivity contribution is 0.598. The minimum Gasteiger partial charge on any atom is -0.396 e. The van der Waals surface area contributed by atoms with Crippen molar-refractivity contribution in [1.29, 1.82) is 0 Å². The van der Waals surface area contributed by atoms with Gasteiger partial charge in [-0.15, -0.1) is 0 Å². The summed E-state index contributed by atoms with van der Waals surface area (Å²) in [6.07, 6.45) is 0. The van der Waals surface area contributed by atoms with Crippen LogP contribution in [0.15, 0.2) is 41.3 Å². The van der Waals surface area contributed by atoms with E-state index in [4.69, 9.17) is 34.1 Å². The van der Waals surface area contributed by atoms with E-state index in [0.717, 1.165) is 0 Å². The molecule has 0 bridgehead atoms. The summed E-state index contributed by atoms with van der Waals surface area (Å²) in [5, 5.41) is 8.78. The van der Waals surface area contributed by atoms with Gasteiger partial charge in [-0.25, -0.2) is 13.6 Å². The largest absolute Gasteiger partial charge is 0.396 e. The number of hydrogen-bond acceptors (Lipinski definition) is 4. The number of nitrogens with two attached hydrogens (primary N) is 2. The third-order valence-electron chi connectivity index (χ3n) is 2.60. The maximum Gasteiger partial charge on any atom is 0.240 e. The van der Waals surface area contributed by atoms with Gasteiger partial charge in [-0.2, -0.15) is 0 Å². The second-order valence-electron chi connectivity index (χ2n) is 3.98. The first-order valence-corrected chi connectivity index (χ1v) is 7.73. The van der Waals surface area contributed by atoms with Gasteiger partial charge in [0.2, 0.25) is 10.0 Å². The number of benzene rings is 2. The topological polar surface area (TPSA) is 98.2 Å². The van der Waals surface area contributed by atoms with Crippen LogP contribution in [-0.2, 0) is 10.0 Å². The summed E-state index contributed by atoms with van der Waals surface area (Å²) >= 11 is 12.1. The zero-order valence-electron chi connectivity index (χ0n) is 10.1. The minimum atomic E-state index is -3.90. The fraction of sp³-hybridized carbons (Fsp3) is 0. The third kappa shape index (κ3) is 2.99. The van der Waals surface area contributed by atoms with E-state index >= 15 is 0 Å². The highest BCUT2D eigenvalue weighted by Crippen LogP contribution is 2.35. The van der Waals surface area contributed by atoms with Gasteiger partial charge in [0.05, 0.1) is 27.1 Å². The second-order valence-corrected chi connectivity index (χ2v) is 6.33. The first kappa shape index (κ1) is 14.9. The van der Waals surface area contributed by atoms with Crippen molar-refractivity contribution in [2.45, 2.75) is 4.90 Å². The summed E-state index contributed by atoms with van der Waals surface area (Å²) in [6, 6.07) is 9.43. The van der Waals surface area contributed by atoms with E-state index < -0.39 is 10.0 Å². The summed E-state index contributed by atoms with van der Waals surface area (Å²) in [5.41, 5.74) is 6.61. The number of hydrogen-bond donors (Lipinski definition) is 3. The van der Waals surface area contributed by atoms with Gasteiger partial charge in [-0.3, -0.25) is 0 Å². The number of nitrogen functional groups attached to an aromatic ring is 1. The number of nitrogens with one attached hydrogen (secondary N) is 1. The Morgan fingerprint density at radius 3 is 2.10 bits per heavy atom. The Balaban J connectivity index is 2.51. The standard InChI is InChI=1S/C12H11Cl2N3O2S/c13-7-3-1-4-8(14)12(7)17-9-5-2-6-10(11(9)15)20(16,18)19/h1-6,17H,15H2,(H2,16,18,19). The van der Waals surface area contributed by atoms with Crippen LogP contribution in [0.4, 0.5) is 17.1 Å². The summed E-state index contributed by atoms with van der Waals surface area (Å²) in [5.74, 6) is 0. The smallest absolute Gasteiger partial charge is 0.240 e. The highest BCUT2D eigenvalue weighted by molar-refractivity contribution is 7.89. The average molecular weight is 332 g/mol. The van der Waals surface area contributed by atoms with Crippen LogP contribution in [0.2, 0.25) is 10.0 Å². The lowest BCUT2D eigenvalue weighted by atomic mass is 10.2. The maximum atomic E-state index is 11.4. The molecule has 0 saturated heterocycles. The molecule has 0 aliphatic heterocycles. The van der Waals surface area contributed by atoms with Crippen LogP contribution in [0, 0.1) is 0 Å². The van der Waals surface area contributed by atoms with Crippen molar-refractivity contribution in [3.05, 3.63) is 46.4 Å². The monoisotopic (exact) mass is 331 g/mol. The van der Waals surface area contributed by atoms with E-state index in [1.54, 1.807) is 24.3 Å². The maximum absolute atomic E-state index is 11.4. The van der Waals surface area contributed by atoms with Gasteiger partial charge in [0, 0.05) is 0 Å². The molecule has 0 radical (unpaired) electrons. The number of halogens is 2. The van der Waals surface area contributed by atoms with Gasteiger partial charge >= 0.3 is 0 Å². The van der Waals surface area contributed by atoms with Crippen LogP contribution in [0.3, 0.4) is 0 Å². The fourth-order valence-electron chi connectivity index (χ4n) is 1.65. The first-order valence-electron chi connectivity index (χ1n) is 5.43. The van der Waals surface area contributed by atoms with E-state index in [0.29, 0.717) is 21.4 Å². The molecule has 20 heavy (non-hydrogen) atoms. The van der Waals surface area contributed by atoms with Crippen molar-refractivity contribution >= 4 is 50.3 Å². The molecule has 0 unspecified atom stereocenters. The van der Waals surface area contributed by atoms with E-state index in [-0.39, 0.29) is 10.6 Å². The van der Waals surface area contributed by atoms with Crippen molar-refractivity contribution in [3.63, 3.8) is 0 Å². The number of sulfonamides is 1.